The predicted octanol–water partition coefficient (Wildman–Crippen LogP) is 3.46. The molecule has 2 rings (SSSR count). The number of ether oxygens (including phenoxy) is 1. The maximum Gasteiger partial charge on any atom is 0.315 e. The molecule has 4 nitrogen and oxygen atoms in total. The second-order valence-electron chi connectivity index (χ2n) is 4.68. The van der Waals surface area contributed by atoms with E-state index in [0.29, 0.717) is 5.75 Å². The molecule has 5 heteroatoms. The fraction of sp³-hybridized carbons (Fsp3) is 0.375. The number of hydrogen-bond acceptors (Lipinski definition) is 5. The van der Waals surface area contributed by atoms with Gasteiger partial charge in [-0.05, 0) is 18.6 Å². The van der Waals surface area contributed by atoms with E-state index in [2.05, 4.69) is 34.1 Å². The van der Waals surface area contributed by atoms with Gasteiger partial charge in [-0.3, -0.25) is 4.79 Å². The molecule has 0 saturated heterocycles. The lowest BCUT2D eigenvalue weighted by Gasteiger charge is -2.12. The summed E-state index contributed by atoms with van der Waals surface area (Å²) in [7, 11) is 1.41. The van der Waals surface area contributed by atoms with Gasteiger partial charge in [0.1, 0.15) is 5.82 Å². The Kier molecular flexibility index (Phi) is 5.87. The van der Waals surface area contributed by atoms with Crippen molar-refractivity contribution in [1.29, 1.82) is 0 Å². The standard InChI is InChI=1S/C16H20N2O2S/c1-3-8-17-16-13(10-21-11-15(19)20-2)9-12-6-4-5-7-14(12)18-16/h4-7,9H,3,8,10-11H2,1-2H3,(H,17,18). The zero-order chi connectivity index (χ0) is 15.1. The number of anilines is 1. The zero-order valence-corrected chi connectivity index (χ0v) is 13.2. The van der Waals surface area contributed by atoms with Crippen molar-refractivity contribution in [2.45, 2.75) is 19.1 Å². The molecule has 0 bridgehead atoms. The van der Waals surface area contributed by atoms with Crippen LogP contribution in [0.3, 0.4) is 0 Å². The number of hydrogen-bond donors (Lipinski definition) is 1. The SMILES string of the molecule is CCCNc1nc2ccccc2cc1CSCC(=O)OC. The number of rotatable bonds is 7. The van der Waals surface area contributed by atoms with E-state index in [9.17, 15) is 4.79 Å². The molecule has 0 aliphatic carbocycles. The number of benzene rings is 1. The maximum absolute atomic E-state index is 11.2. The summed E-state index contributed by atoms with van der Waals surface area (Å²) in [6, 6.07) is 10.2. The molecule has 0 atom stereocenters. The normalized spacial score (nSPS) is 10.6. The van der Waals surface area contributed by atoms with Crippen molar-refractivity contribution < 1.29 is 9.53 Å². The summed E-state index contributed by atoms with van der Waals surface area (Å²) in [6.45, 7) is 3.01. The molecule has 0 saturated carbocycles. The van der Waals surface area contributed by atoms with Gasteiger partial charge in [-0.2, -0.15) is 0 Å². The molecular weight excluding hydrogens is 284 g/mol. The van der Waals surface area contributed by atoms with E-state index in [1.807, 2.05) is 18.2 Å². The first-order valence-electron chi connectivity index (χ1n) is 7.01. The highest BCUT2D eigenvalue weighted by molar-refractivity contribution is 7.99. The van der Waals surface area contributed by atoms with Gasteiger partial charge in [0.05, 0.1) is 18.4 Å². The Morgan fingerprint density at radius 2 is 2.19 bits per heavy atom. The molecule has 0 aliphatic rings. The van der Waals surface area contributed by atoms with Crippen molar-refractivity contribution in [3.8, 4) is 0 Å². The first-order valence-corrected chi connectivity index (χ1v) is 8.17. The monoisotopic (exact) mass is 304 g/mol. The van der Waals surface area contributed by atoms with Crippen molar-refractivity contribution in [3.05, 3.63) is 35.9 Å². The molecule has 1 N–H and O–H groups in total. The Bertz CT molecular complexity index is 616. The molecule has 0 aliphatic heterocycles. The minimum absolute atomic E-state index is 0.197. The van der Waals surface area contributed by atoms with Gasteiger partial charge in [0.2, 0.25) is 0 Å². The number of thioether (sulfide) groups is 1. The Labute approximate surface area is 129 Å². The van der Waals surface area contributed by atoms with Crippen LogP contribution in [-0.2, 0) is 15.3 Å². The van der Waals surface area contributed by atoms with E-state index in [4.69, 9.17) is 0 Å². The van der Waals surface area contributed by atoms with E-state index >= 15 is 0 Å². The third-order valence-electron chi connectivity index (χ3n) is 3.05. The Morgan fingerprint density at radius 1 is 1.38 bits per heavy atom. The van der Waals surface area contributed by atoms with E-state index in [-0.39, 0.29) is 5.97 Å². The van der Waals surface area contributed by atoms with Gasteiger partial charge in [-0.15, -0.1) is 11.8 Å². The second-order valence-corrected chi connectivity index (χ2v) is 5.67. The highest BCUT2D eigenvalue weighted by atomic mass is 32.2. The molecule has 2 aromatic rings. The lowest BCUT2D eigenvalue weighted by atomic mass is 10.1. The summed E-state index contributed by atoms with van der Waals surface area (Å²) in [5.41, 5.74) is 2.11. The summed E-state index contributed by atoms with van der Waals surface area (Å²) < 4.78 is 4.66. The van der Waals surface area contributed by atoms with Crippen LogP contribution < -0.4 is 5.32 Å². The molecule has 0 fully saturated rings. The number of para-hydroxylation sites is 1. The van der Waals surface area contributed by atoms with E-state index in [0.717, 1.165) is 41.0 Å². The van der Waals surface area contributed by atoms with Crippen LogP contribution in [0.25, 0.3) is 10.9 Å². The first-order chi connectivity index (χ1) is 10.2. The van der Waals surface area contributed by atoms with Crippen molar-refractivity contribution in [2.24, 2.45) is 0 Å². The first kappa shape index (κ1) is 15.6. The fourth-order valence-electron chi connectivity index (χ4n) is 1.97. The van der Waals surface area contributed by atoms with Gasteiger partial charge in [0.15, 0.2) is 0 Å². The van der Waals surface area contributed by atoms with Crippen molar-refractivity contribution >= 4 is 34.5 Å². The number of carbonyl (C=O) groups excluding carboxylic acids is 1. The Hall–Kier alpha value is -1.75. The third kappa shape index (κ3) is 4.36. The van der Waals surface area contributed by atoms with Gasteiger partial charge < -0.3 is 10.1 Å². The van der Waals surface area contributed by atoms with Gasteiger partial charge >= 0.3 is 5.97 Å². The number of esters is 1. The van der Waals surface area contributed by atoms with E-state index in [1.165, 1.54) is 7.11 Å². The lowest BCUT2D eigenvalue weighted by molar-refractivity contribution is -0.137. The Morgan fingerprint density at radius 3 is 2.95 bits per heavy atom. The van der Waals surface area contributed by atoms with Crippen LogP contribution in [0.1, 0.15) is 18.9 Å². The summed E-state index contributed by atoms with van der Waals surface area (Å²) in [5, 5.41) is 4.49. The average Bonchev–Trinajstić information content (AvgIpc) is 2.52. The summed E-state index contributed by atoms with van der Waals surface area (Å²) in [5.74, 6) is 1.81. The lowest BCUT2D eigenvalue weighted by Crippen LogP contribution is -2.07. The minimum atomic E-state index is -0.197. The predicted molar refractivity (Wildman–Crippen MR) is 88.7 cm³/mol. The van der Waals surface area contributed by atoms with Gasteiger partial charge in [0, 0.05) is 23.2 Å². The zero-order valence-electron chi connectivity index (χ0n) is 12.4. The molecule has 1 aromatic heterocycles. The van der Waals surface area contributed by atoms with Crippen LogP contribution in [-0.4, -0.2) is 30.4 Å². The number of pyridine rings is 1. The second kappa shape index (κ2) is 7.88. The Balaban J connectivity index is 2.19. The van der Waals surface area contributed by atoms with E-state index in [1.54, 1.807) is 11.8 Å². The van der Waals surface area contributed by atoms with Crippen LogP contribution >= 0.6 is 11.8 Å². The third-order valence-corrected chi connectivity index (χ3v) is 4.01. The van der Waals surface area contributed by atoms with Crippen LogP contribution in [0.5, 0.6) is 0 Å². The minimum Gasteiger partial charge on any atom is -0.468 e. The molecule has 0 amide bonds. The summed E-state index contributed by atoms with van der Waals surface area (Å²) in [4.78, 5) is 15.9. The van der Waals surface area contributed by atoms with Crippen LogP contribution in [0.4, 0.5) is 5.82 Å². The van der Waals surface area contributed by atoms with Crippen molar-refractivity contribution in [1.82, 2.24) is 4.98 Å². The molecule has 1 aromatic carbocycles. The molecule has 112 valence electrons. The van der Waals surface area contributed by atoms with Gasteiger partial charge in [-0.1, -0.05) is 25.1 Å². The topological polar surface area (TPSA) is 51.2 Å². The highest BCUT2D eigenvalue weighted by Gasteiger charge is 2.08. The number of fused-ring (bicyclic) bond motifs is 1. The van der Waals surface area contributed by atoms with Crippen LogP contribution in [0.15, 0.2) is 30.3 Å². The smallest absolute Gasteiger partial charge is 0.315 e. The van der Waals surface area contributed by atoms with Gasteiger partial charge in [0.25, 0.3) is 0 Å². The maximum atomic E-state index is 11.2. The van der Waals surface area contributed by atoms with E-state index < -0.39 is 0 Å². The number of nitrogens with one attached hydrogen (secondary N) is 1. The molecule has 21 heavy (non-hydrogen) atoms. The average molecular weight is 304 g/mol. The summed E-state index contributed by atoms with van der Waals surface area (Å²) in [6.07, 6.45) is 1.04. The molecule has 0 radical (unpaired) electrons. The largest absolute Gasteiger partial charge is 0.468 e. The van der Waals surface area contributed by atoms with Gasteiger partial charge in [-0.25, -0.2) is 4.98 Å². The molecule has 0 spiro atoms. The van der Waals surface area contributed by atoms with Crippen molar-refractivity contribution in [3.63, 3.8) is 0 Å². The number of nitrogens with zero attached hydrogens (tertiary/aromatic N) is 1. The quantitative estimate of drug-likeness (QED) is 0.794. The molecule has 0 unspecified atom stereocenters. The molecular formula is C16H20N2O2S. The highest BCUT2D eigenvalue weighted by Crippen LogP contribution is 2.24. The fourth-order valence-corrected chi connectivity index (χ4v) is 2.80. The number of carbonyl (C=O) groups is 1. The number of methoxy groups -OCH3 is 1. The van der Waals surface area contributed by atoms with Crippen LogP contribution in [0, 0.1) is 0 Å². The number of aromatic nitrogens is 1. The molecule has 1 heterocycles. The van der Waals surface area contributed by atoms with Crippen LogP contribution in [0.2, 0.25) is 0 Å². The van der Waals surface area contributed by atoms with Crippen molar-refractivity contribution in [2.75, 3.05) is 24.7 Å². The summed E-state index contributed by atoms with van der Waals surface area (Å²) >= 11 is 1.54.